The third-order valence-electron chi connectivity index (χ3n) is 3.69. The van der Waals surface area contributed by atoms with Crippen molar-refractivity contribution in [1.82, 2.24) is 5.32 Å². The Balaban J connectivity index is 2.22. The summed E-state index contributed by atoms with van der Waals surface area (Å²) in [7, 11) is 0. The van der Waals surface area contributed by atoms with Gasteiger partial charge in [0.15, 0.2) is 0 Å². The van der Waals surface area contributed by atoms with E-state index in [0.29, 0.717) is 5.92 Å². The first kappa shape index (κ1) is 13.5. The van der Waals surface area contributed by atoms with Crippen LogP contribution >= 0.6 is 0 Å². The summed E-state index contributed by atoms with van der Waals surface area (Å²) in [5.74, 6) is 1.11. The van der Waals surface area contributed by atoms with E-state index in [4.69, 9.17) is 5.73 Å². The number of nitrogens with two attached hydrogens (primary N) is 1. The zero-order valence-electron chi connectivity index (χ0n) is 10.5. The van der Waals surface area contributed by atoms with Gasteiger partial charge in [-0.2, -0.15) is 0 Å². The predicted octanol–water partition coefficient (Wildman–Crippen LogP) is 2.06. The molecule has 1 atom stereocenters. The van der Waals surface area contributed by atoms with E-state index >= 15 is 0 Å². The van der Waals surface area contributed by atoms with Crippen molar-refractivity contribution in [2.75, 3.05) is 13.1 Å². The van der Waals surface area contributed by atoms with Crippen LogP contribution in [0, 0.1) is 11.8 Å². The Bertz CT molecular complexity index is 200. The van der Waals surface area contributed by atoms with Crippen LogP contribution in [0.4, 0.5) is 0 Å². The fourth-order valence-corrected chi connectivity index (χ4v) is 2.44. The molecule has 0 aliphatic heterocycles. The Morgan fingerprint density at radius 1 is 1.38 bits per heavy atom. The van der Waals surface area contributed by atoms with Gasteiger partial charge in [-0.1, -0.05) is 32.6 Å². The summed E-state index contributed by atoms with van der Waals surface area (Å²) in [5, 5.41) is 3.09. The number of hydrogen-bond acceptors (Lipinski definition) is 2. The Morgan fingerprint density at radius 2 is 2.06 bits per heavy atom. The Labute approximate surface area is 99.2 Å². The highest BCUT2D eigenvalue weighted by atomic mass is 16.1. The maximum atomic E-state index is 11.9. The second-order valence-electron chi connectivity index (χ2n) is 4.93. The Kier molecular flexibility index (Phi) is 6.46. The van der Waals surface area contributed by atoms with E-state index in [1.165, 1.54) is 19.3 Å². The van der Waals surface area contributed by atoms with E-state index in [1.54, 1.807) is 0 Å². The number of rotatable bonds is 6. The summed E-state index contributed by atoms with van der Waals surface area (Å²) >= 11 is 0. The van der Waals surface area contributed by atoms with Gasteiger partial charge in [0, 0.05) is 12.5 Å². The van der Waals surface area contributed by atoms with E-state index in [0.717, 1.165) is 38.8 Å². The molecule has 1 amide bonds. The molecular formula is C13H26N2O. The molecule has 3 N–H and O–H groups in total. The summed E-state index contributed by atoms with van der Waals surface area (Å²) in [6.45, 7) is 3.69. The molecule has 0 aromatic carbocycles. The zero-order valence-corrected chi connectivity index (χ0v) is 10.5. The van der Waals surface area contributed by atoms with Crippen LogP contribution in [0.5, 0.6) is 0 Å². The van der Waals surface area contributed by atoms with Gasteiger partial charge in [0.25, 0.3) is 0 Å². The second-order valence-corrected chi connectivity index (χ2v) is 4.93. The van der Waals surface area contributed by atoms with E-state index in [2.05, 4.69) is 12.2 Å². The fraction of sp³-hybridized carbons (Fsp3) is 0.923. The lowest BCUT2D eigenvalue weighted by Crippen LogP contribution is -2.35. The second kappa shape index (κ2) is 7.66. The molecule has 94 valence electrons. The highest BCUT2D eigenvalue weighted by Crippen LogP contribution is 2.23. The van der Waals surface area contributed by atoms with E-state index in [1.807, 2.05) is 0 Å². The van der Waals surface area contributed by atoms with E-state index in [-0.39, 0.29) is 11.8 Å². The summed E-state index contributed by atoms with van der Waals surface area (Å²) in [4.78, 5) is 11.9. The van der Waals surface area contributed by atoms with Gasteiger partial charge in [0.2, 0.25) is 5.91 Å². The molecule has 0 bridgehead atoms. The van der Waals surface area contributed by atoms with Crippen LogP contribution in [0.2, 0.25) is 0 Å². The topological polar surface area (TPSA) is 55.1 Å². The summed E-state index contributed by atoms with van der Waals surface area (Å²) in [6.07, 6.45) is 8.02. The van der Waals surface area contributed by atoms with Crippen LogP contribution in [0.25, 0.3) is 0 Å². The minimum Gasteiger partial charge on any atom is -0.356 e. The number of carbonyl (C=O) groups is 1. The standard InChI is InChI=1S/C13H26N2O/c1-2-11(8-9-14)10-15-13(16)12-6-4-3-5-7-12/h11-12H,2-10,14H2,1H3,(H,15,16). The number of amides is 1. The third-order valence-corrected chi connectivity index (χ3v) is 3.69. The fourth-order valence-electron chi connectivity index (χ4n) is 2.44. The molecule has 1 rings (SSSR count). The van der Waals surface area contributed by atoms with Crippen LogP contribution in [-0.4, -0.2) is 19.0 Å². The van der Waals surface area contributed by atoms with Crippen molar-refractivity contribution in [3.8, 4) is 0 Å². The average molecular weight is 226 g/mol. The van der Waals surface area contributed by atoms with Gasteiger partial charge in [-0.15, -0.1) is 0 Å². The quantitative estimate of drug-likeness (QED) is 0.728. The van der Waals surface area contributed by atoms with Gasteiger partial charge in [-0.05, 0) is 31.7 Å². The smallest absolute Gasteiger partial charge is 0.223 e. The molecule has 1 aliphatic rings. The molecule has 1 aliphatic carbocycles. The van der Waals surface area contributed by atoms with Crippen molar-refractivity contribution in [3.05, 3.63) is 0 Å². The van der Waals surface area contributed by atoms with E-state index < -0.39 is 0 Å². The van der Waals surface area contributed by atoms with Crippen molar-refractivity contribution in [3.63, 3.8) is 0 Å². The molecular weight excluding hydrogens is 200 g/mol. The molecule has 0 heterocycles. The van der Waals surface area contributed by atoms with Crippen molar-refractivity contribution in [2.24, 2.45) is 17.6 Å². The highest BCUT2D eigenvalue weighted by molar-refractivity contribution is 5.78. The zero-order chi connectivity index (χ0) is 11.8. The SMILES string of the molecule is CCC(CCN)CNC(=O)C1CCCCC1. The van der Waals surface area contributed by atoms with Crippen LogP contribution in [0.1, 0.15) is 51.9 Å². The lowest BCUT2D eigenvalue weighted by molar-refractivity contribution is -0.126. The summed E-state index contributed by atoms with van der Waals surface area (Å²) in [5.41, 5.74) is 5.54. The molecule has 0 aromatic heterocycles. The Morgan fingerprint density at radius 3 is 2.62 bits per heavy atom. The van der Waals surface area contributed by atoms with Gasteiger partial charge in [-0.25, -0.2) is 0 Å². The number of carbonyl (C=O) groups excluding carboxylic acids is 1. The molecule has 1 unspecified atom stereocenters. The first-order valence-electron chi connectivity index (χ1n) is 6.75. The molecule has 16 heavy (non-hydrogen) atoms. The minimum atomic E-state index is 0.273. The van der Waals surface area contributed by atoms with Crippen molar-refractivity contribution in [1.29, 1.82) is 0 Å². The molecule has 1 fully saturated rings. The largest absolute Gasteiger partial charge is 0.356 e. The average Bonchev–Trinajstić information content (AvgIpc) is 2.35. The lowest BCUT2D eigenvalue weighted by Gasteiger charge is -2.22. The van der Waals surface area contributed by atoms with Gasteiger partial charge in [-0.3, -0.25) is 4.79 Å². The normalized spacial score (nSPS) is 19.4. The van der Waals surface area contributed by atoms with Gasteiger partial charge in [0.05, 0.1) is 0 Å². The highest BCUT2D eigenvalue weighted by Gasteiger charge is 2.21. The van der Waals surface area contributed by atoms with Crippen molar-refractivity contribution in [2.45, 2.75) is 51.9 Å². The maximum absolute atomic E-state index is 11.9. The monoisotopic (exact) mass is 226 g/mol. The number of hydrogen-bond donors (Lipinski definition) is 2. The molecule has 1 saturated carbocycles. The minimum absolute atomic E-state index is 0.273. The molecule has 0 aromatic rings. The predicted molar refractivity (Wildman–Crippen MR) is 67.0 cm³/mol. The van der Waals surface area contributed by atoms with Crippen LogP contribution < -0.4 is 11.1 Å². The maximum Gasteiger partial charge on any atom is 0.223 e. The van der Waals surface area contributed by atoms with E-state index in [9.17, 15) is 4.79 Å². The first-order valence-corrected chi connectivity index (χ1v) is 6.75. The van der Waals surface area contributed by atoms with Crippen LogP contribution in [0.15, 0.2) is 0 Å². The van der Waals surface area contributed by atoms with Gasteiger partial charge >= 0.3 is 0 Å². The molecule has 0 radical (unpaired) electrons. The molecule has 3 heteroatoms. The molecule has 3 nitrogen and oxygen atoms in total. The summed E-state index contributed by atoms with van der Waals surface area (Å²) < 4.78 is 0. The van der Waals surface area contributed by atoms with Crippen LogP contribution in [-0.2, 0) is 4.79 Å². The lowest BCUT2D eigenvalue weighted by atomic mass is 9.88. The molecule has 0 spiro atoms. The van der Waals surface area contributed by atoms with Crippen LogP contribution in [0.3, 0.4) is 0 Å². The summed E-state index contributed by atoms with van der Waals surface area (Å²) in [6, 6.07) is 0. The van der Waals surface area contributed by atoms with Gasteiger partial charge < -0.3 is 11.1 Å². The first-order chi connectivity index (χ1) is 7.77. The third kappa shape index (κ3) is 4.52. The Hall–Kier alpha value is -0.570. The van der Waals surface area contributed by atoms with Crippen molar-refractivity contribution >= 4 is 5.91 Å². The van der Waals surface area contributed by atoms with Gasteiger partial charge in [0.1, 0.15) is 0 Å². The molecule has 0 saturated heterocycles. The number of nitrogens with one attached hydrogen (secondary N) is 1. The van der Waals surface area contributed by atoms with Crippen molar-refractivity contribution < 1.29 is 4.79 Å².